The van der Waals surface area contributed by atoms with Crippen molar-refractivity contribution >= 4 is 34.3 Å². The number of anilines is 1. The zero-order valence-electron chi connectivity index (χ0n) is 19.0. The van der Waals surface area contributed by atoms with Gasteiger partial charge in [0.1, 0.15) is 0 Å². The van der Waals surface area contributed by atoms with Crippen molar-refractivity contribution in [2.24, 2.45) is 5.92 Å². The number of esters is 1. The van der Waals surface area contributed by atoms with Crippen LogP contribution >= 0.6 is 0 Å². The van der Waals surface area contributed by atoms with Gasteiger partial charge in [-0.3, -0.25) is 14.6 Å². The number of pyridine rings is 1. The number of fused-ring (bicyclic) bond motifs is 3. The van der Waals surface area contributed by atoms with Crippen LogP contribution in [0.2, 0.25) is 0 Å². The molecule has 5 rings (SSSR count). The highest BCUT2D eigenvalue weighted by atomic mass is 16.7. The molecule has 0 radical (unpaired) electrons. The molecule has 1 aliphatic heterocycles. The molecule has 1 aromatic heterocycles. The predicted octanol–water partition coefficient (Wildman–Crippen LogP) is 4.09. The lowest BCUT2D eigenvalue weighted by atomic mass is 9.84. The summed E-state index contributed by atoms with van der Waals surface area (Å²) in [6, 6.07) is 10.5. The Labute approximate surface area is 196 Å². The summed E-state index contributed by atoms with van der Waals surface area (Å²) in [7, 11) is 0. The van der Waals surface area contributed by atoms with Gasteiger partial charge in [-0.1, -0.05) is 25.1 Å². The van der Waals surface area contributed by atoms with Gasteiger partial charge in [-0.2, -0.15) is 0 Å². The second kappa shape index (κ2) is 8.78. The van der Waals surface area contributed by atoms with E-state index in [-0.39, 0.29) is 23.8 Å². The normalized spacial score (nSPS) is 16.1. The number of aromatic nitrogens is 1. The minimum atomic E-state index is -0.560. The average molecular weight is 460 g/mol. The van der Waals surface area contributed by atoms with Crippen LogP contribution in [0.3, 0.4) is 0 Å². The molecule has 1 amide bonds. The maximum atomic E-state index is 13.2. The van der Waals surface area contributed by atoms with E-state index in [1.54, 1.807) is 0 Å². The SMILES string of the molecule is CC(=O)c1cc2c(cc1NC(=O)COC(=O)c1c3c(nc4ccccc14)CC[C@@H](C)C3)OCO2. The highest BCUT2D eigenvalue weighted by molar-refractivity contribution is 6.07. The Morgan fingerprint density at radius 3 is 2.71 bits per heavy atom. The summed E-state index contributed by atoms with van der Waals surface area (Å²) < 4.78 is 16.1. The van der Waals surface area contributed by atoms with Crippen LogP contribution in [0.25, 0.3) is 10.9 Å². The number of nitrogens with one attached hydrogen (secondary N) is 1. The number of amides is 1. The first-order valence-electron chi connectivity index (χ1n) is 11.2. The molecular formula is C26H24N2O6. The quantitative estimate of drug-likeness (QED) is 0.452. The van der Waals surface area contributed by atoms with Gasteiger partial charge in [0.15, 0.2) is 23.9 Å². The number of aryl methyl sites for hydroxylation is 1. The number of nitrogens with zero attached hydrogens (tertiary/aromatic N) is 1. The van der Waals surface area contributed by atoms with Crippen LogP contribution in [-0.2, 0) is 22.4 Å². The van der Waals surface area contributed by atoms with E-state index in [4.69, 9.17) is 19.2 Å². The van der Waals surface area contributed by atoms with Crippen molar-refractivity contribution in [3.05, 3.63) is 58.8 Å². The monoisotopic (exact) mass is 460 g/mol. The summed E-state index contributed by atoms with van der Waals surface area (Å²) in [5.41, 5.74) is 3.59. The highest BCUT2D eigenvalue weighted by Gasteiger charge is 2.27. The lowest BCUT2D eigenvalue weighted by Gasteiger charge is -2.24. The van der Waals surface area contributed by atoms with Gasteiger partial charge in [-0.05, 0) is 49.8 Å². The fourth-order valence-corrected chi connectivity index (χ4v) is 4.52. The minimum absolute atomic E-state index is 0.0461. The molecule has 0 spiro atoms. The summed E-state index contributed by atoms with van der Waals surface area (Å²) in [5.74, 6) is -0.0534. The van der Waals surface area contributed by atoms with Gasteiger partial charge >= 0.3 is 5.97 Å². The van der Waals surface area contributed by atoms with E-state index in [9.17, 15) is 14.4 Å². The van der Waals surface area contributed by atoms with Crippen LogP contribution in [-0.4, -0.2) is 36.0 Å². The molecule has 174 valence electrons. The first kappa shape index (κ1) is 21.9. The summed E-state index contributed by atoms with van der Waals surface area (Å²) in [5, 5.41) is 3.37. The third-order valence-corrected chi connectivity index (χ3v) is 6.21. The van der Waals surface area contributed by atoms with E-state index in [1.807, 2.05) is 24.3 Å². The maximum absolute atomic E-state index is 13.2. The smallest absolute Gasteiger partial charge is 0.339 e. The Hall–Kier alpha value is -3.94. The summed E-state index contributed by atoms with van der Waals surface area (Å²) in [4.78, 5) is 42.7. The number of carbonyl (C=O) groups excluding carboxylic acids is 3. The summed E-state index contributed by atoms with van der Waals surface area (Å²) in [6.45, 7) is 3.10. The topological polar surface area (TPSA) is 104 Å². The van der Waals surface area contributed by atoms with Crippen molar-refractivity contribution in [1.29, 1.82) is 0 Å². The Kier molecular flexibility index (Phi) is 5.65. The van der Waals surface area contributed by atoms with Crippen molar-refractivity contribution < 1.29 is 28.6 Å². The first-order chi connectivity index (χ1) is 16.4. The molecule has 0 saturated heterocycles. The lowest BCUT2D eigenvalue weighted by molar-refractivity contribution is -0.119. The number of ether oxygens (including phenoxy) is 3. The second-order valence-corrected chi connectivity index (χ2v) is 8.71. The van der Waals surface area contributed by atoms with E-state index in [2.05, 4.69) is 12.2 Å². The van der Waals surface area contributed by atoms with Crippen molar-refractivity contribution in [3.8, 4) is 11.5 Å². The molecule has 0 bridgehead atoms. The lowest BCUT2D eigenvalue weighted by Crippen LogP contribution is -2.24. The Balaban J connectivity index is 1.37. The van der Waals surface area contributed by atoms with E-state index in [0.29, 0.717) is 23.0 Å². The molecule has 0 fully saturated rings. The fourth-order valence-electron chi connectivity index (χ4n) is 4.52. The van der Waals surface area contributed by atoms with Crippen LogP contribution in [0, 0.1) is 5.92 Å². The molecule has 8 nitrogen and oxygen atoms in total. The number of ketones is 1. The number of benzene rings is 2. The van der Waals surface area contributed by atoms with Gasteiger partial charge in [0.2, 0.25) is 6.79 Å². The molecule has 34 heavy (non-hydrogen) atoms. The number of rotatable bonds is 5. The second-order valence-electron chi connectivity index (χ2n) is 8.71. The van der Waals surface area contributed by atoms with E-state index >= 15 is 0 Å². The van der Waals surface area contributed by atoms with Crippen LogP contribution < -0.4 is 14.8 Å². The molecule has 0 saturated carbocycles. The zero-order chi connectivity index (χ0) is 23.8. The molecule has 1 N–H and O–H groups in total. The standard InChI is InChI=1S/C26H24N2O6/c1-14-7-8-20-18(9-14)25(16-5-3-4-6-19(16)27-20)26(31)32-12-24(30)28-21-11-23-22(33-13-34-23)10-17(21)15(2)29/h3-6,10-11,14H,7-9,12-13H2,1-2H3,(H,28,30)/t14-/m1/s1. The average Bonchev–Trinajstić information content (AvgIpc) is 3.28. The van der Waals surface area contributed by atoms with Gasteiger partial charge < -0.3 is 19.5 Å². The number of para-hydroxylation sites is 1. The number of carbonyl (C=O) groups is 3. The molecule has 8 heteroatoms. The van der Waals surface area contributed by atoms with Gasteiger partial charge in [0.05, 0.1) is 16.8 Å². The molecule has 2 aliphatic rings. The van der Waals surface area contributed by atoms with Crippen molar-refractivity contribution in [3.63, 3.8) is 0 Å². The molecule has 1 atom stereocenters. The van der Waals surface area contributed by atoms with Crippen LogP contribution in [0.5, 0.6) is 11.5 Å². The van der Waals surface area contributed by atoms with Gasteiger partial charge in [-0.25, -0.2) is 4.79 Å². The largest absolute Gasteiger partial charge is 0.454 e. The van der Waals surface area contributed by atoms with Crippen molar-refractivity contribution in [2.75, 3.05) is 18.7 Å². The Morgan fingerprint density at radius 2 is 1.91 bits per heavy atom. The zero-order valence-corrected chi connectivity index (χ0v) is 19.0. The van der Waals surface area contributed by atoms with E-state index in [0.717, 1.165) is 41.4 Å². The molecule has 0 unspecified atom stereocenters. The molecular weight excluding hydrogens is 436 g/mol. The third kappa shape index (κ3) is 4.07. The van der Waals surface area contributed by atoms with E-state index < -0.39 is 18.5 Å². The van der Waals surface area contributed by atoms with Gasteiger partial charge in [0, 0.05) is 22.7 Å². The van der Waals surface area contributed by atoms with Crippen molar-refractivity contribution in [2.45, 2.75) is 33.1 Å². The number of Topliss-reactive ketones (excluding diaryl/α,β-unsaturated/α-hetero) is 1. The number of hydrogen-bond acceptors (Lipinski definition) is 7. The van der Waals surface area contributed by atoms with Crippen LogP contribution in [0.4, 0.5) is 5.69 Å². The fraction of sp³-hybridized carbons (Fsp3) is 0.308. The molecule has 1 aliphatic carbocycles. The van der Waals surface area contributed by atoms with Crippen LogP contribution in [0.15, 0.2) is 36.4 Å². The van der Waals surface area contributed by atoms with Crippen LogP contribution in [0.1, 0.15) is 52.2 Å². The molecule has 3 aromatic rings. The minimum Gasteiger partial charge on any atom is -0.454 e. The predicted molar refractivity (Wildman–Crippen MR) is 124 cm³/mol. The Morgan fingerprint density at radius 1 is 1.15 bits per heavy atom. The summed E-state index contributed by atoms with van der Waals surface area (Å²) >= 11 is 0. The van der Waals surface area contributed by atoms with Gasteiger partial charge in [0.25, 0.3) is 5.91 Å². The first-order valence-corrected chi connectivity index (χ1v) is 11.2. The maximum Gasteiger partial charge on any atom is 0.339 e. The summed E-state index contributed by atoms with van der Waals surface area (Å²) in [6.07, 6.45) is 2.56. The highest BCUT2D eigenvalue weighted by Crippen LogP contribution is 2.37. The van der Waals surface area contributed by atoms with E-state index in [1.165, 1.54) is 19.1 Å². The van der Waals surface area contributed by atoms with Crippen molar-refractivity contribution in [1.82, 2.24) is 4.98 Å². The Bertz CT molecular complexity index is 1330. The molecule has 2 heterocycles. The van der Waals surface area contributed by atoms with Gasteiger partial charge in [-0.15, -0.1) is 0 Å². The number of hydrogen-bond donors (Lipinski definition) is 1. The molecule has 2 aromatic carbocycles. The third-order valence-electron chi connectivity index (χ3n) is 6.21.